The number of hydrogen-bond acceptors (Lipinski definition) is 2. The zero-order valence-corrected chi connectivity index (χ0v) is 19.7. The molecular weight excluding hydrogens is 430 g/mol. The standard InChI is InChI=1S/C32H29NS/c1-20-7-11-27(29-18-22(13-14-33-29)17-26-16-21-8-9-24(26)15-21)32-31(20)28-12-10-25(19-30(28)34-32)23-5-3-2-4-6-23/h2-7,10-14,18-19,21,24,26H,8-9,15-17H2,1H3/i1D3,17D2. The van der Waals surface area contributed by atoms with Crippen LogP contribution in [0.1, 0.15) is 43.7 Å². The monoisotopic (exact) mass is 464 g/mol. The first kappa shape index (κ1) is 15.8. The van der Waals surface area contributed by atoms with Crippen molar-refractivity contribution in [3.8, 4) is 22.4 Å². The van der Waals surface area contributed by atoms with Gasteiger partial charge in [-0.2, -0.15) is 0 Å². The highest BCUT2D eigenvalue weighted by atomic mass is 32.1. The molecule has 2 heterocycles. The normalized spacial score (nSPS) is 24.6. The topological polar surface area (TPSA) is 12.9 Å². The average Bonchev–Trinajstić information content (AvgIpc) is 3.67. The van der Waals surface area contributed by atoms with E-state index >= 15 is 0 Å². The maximum Gasteiger partial charge on any atom is 0.0719 e. The van der Waals surface area contributed by atoms with Crippen LogP contribution in [0.25, 0.3) is 42.6 Å². The highest BCUT2D eigenvalue weighted by molar-refractivity contribution is 7.26. The number of rotatable bonds is 4. The summed E-state index contributed by atoms with van der Waals surface area (Å²) in [6.07, 6.45) is 4.79. The van der Waals surface area contributed by atoms with Gasteiger partial charge >= 0.3 is 0 Å². The van der Waals surface area contributed by atoms with Crippen LogP contribution in [0.2, 0.25) is 0 Å². The number of hydrogen-bond donors (Lipinski definition) is 0. The van der Waals surface area contributed by atoms with E-state index in [-0.39, 0.29) is 5.92 Å². The van der Waals surface area contributed by atoms with E-state index < -0.39 is 13.2 Å². The summed E-state index contributed by atoms with van der Waals surface area (Å²) in [5.74, 6) is 1.18. The van der Waals surface area contributed by atoms with Crippen LogP contribution in [0.15, 0.2) is 79.0 Å². The number of nitrogens with zero attached hydrogens (tertiary/aromatic N) is 1. The van der Waals surface area contributed by atoms with Gasteiger partial charge in [-0.3, -0.25) is 4.98 Å². The Kier molecular flexibility index (Phi) is 3.76. The van der Waals surface area contributed by atoms with Gasteiger partial charge in [0.2, 0.25) is 0 Å². The predicted molar refractivity (Wildman–Crippen MR) is 145 cm³/mol. The van der Waals surface area contributed by atoms with Crippen molar-refractivity contribution >= 4 is 31.5 Å². The molecule has 7 rings (SSSR count). The van der Waals surface area contributed by atoms with E-state index in [2.05, 4.69) is 29.2 Å². The molecule has 168 valence electrons. The lowest BCUT2D eigenvalue weighted by Crippen LogP contribution is -2.13. The van der Waals surface area contributed by atoms with Crippen molar-refractivity contribution in [1.29, 1.82) is 0 Å². The third kappa shape index (κ3) is 3.39. The van der Waals surface area contributed by atoms with E-state index in [4.69, 9.17) is 6.85 Å². The summed E-state index contributed by atoms with van der Waals surface area (Å²) in [5, 5.41) is 1.67. The Hall–Kier alpha value is -2.97. The summed E-state index contributed by atoms with van der Waals surface area (Å²) in [4.78, 5) is 4.67. The van der Waals surface area contributed by atoms with Gasteiger partial charge in [0.1, 0.15) is 0 Å². The van der Waals surface area contributed by atoms with E-state index in [9.17, 15) is 0 Å². The Morgan fingerprint density at radius 1 is 0.971 bits per heavy atom. The van der Waals surface area contributed by atoms with Crippen molar-refractivity contribution in [2.75, 3.05) is 0 Å². The molecule has 0 radical (unpaired) electrons. The fourth-order valence-corrected chi connectivity index (χ4v) is 7.48. The molecule has 2 bridgehead atoms. The van der Waals surface area contributed by atoms with Crippen LogP contribution in [0.4, 0.5) is 0 Å². The second-order valence-corrected chi connectivity index (χ2v) is 11.0. The van der Waals surface area contributed by atoms with Crippen LogP contribution in [0, 0.1) is 24.6 Å². The first-order chi connectivity index (χ1) is 18.7. The smallest absolute Gasteiger partial charge is 0.0719 e. The molecule has 2 saturated carbocycles. The lowest BCUT2D eigenvalue weighted by atomic mass is 9.84. The largest absolute Gasteiger partial charge is 0.256 e. The zero-order valence-electron chi connectivity index (χ0n) is 23.9. The molecule has 0 amide bonds. The number of aryl methyl sites for hydroxylation is 1. The third-order valence-electron chi connectivity index (χ3n) is 7.85. The third-order valence-corrected chi connectivity index (χ3v) is 9.04. The molecule has 3 atom stereocenters. The van der Waals surface area contributed by atoms with Gasteiger partial charge in [0.15, 0.2) is 0 Å². The Labute approximate surface area is 212 Å². The van der Waals surface area contributed by atoms with Crippen LogP contribution in [-0.4, -0.2) is 4.98 Å². The molecular formula is C32H29NS. The van der Waals surface area contributed by atoms with Gasteiger partial charge in [-0.25, -0.2) is 0 Å². The van der Waals surface area contributed by atoms with Gasteiger partial charge in [0, 0.05) is 38.8 Å². The Morgan fingerprint density at radius 3 is 2.74 bits per heavy atom. The van der Waals surface area contributed by atoms with Crippen molar-refractivity contribution in [1.82, 2.24) is 4.98 Å². The number of pyridine rings is 1. The summed E-state index contributed by atoms with van der Waals surface area (Å²) in [6.45, 7) is -2.25. The number of benzene rings is 3. The number of thiophene rings is 1. The lowest BCUT2D eigenvalue weighted by Gasteiger charge is -2.21. The van der Waals surface area contributed by atoms with E-state index in [1.54, 1.807) is 23.6 Å². The summed E-state index contributed by atoms with van der Waals surface area (Å²) in [5.41, 5.74) is 4.76. The van der Waals surface area contributed by atoms with Gasteiger partial charge in [-0.05, 0) is 90.7 Å². The van der Waals surface area contributed by atoms with Gasteiger partial charge in [-0.15, -0.1) is 11.3 Å². The maximum absolute atomic E-state index is 9.12. The summed E-state index contributed by atoms with van der Waals surface area (Å²) in [6, 6.07) is 23.7. The second-order valence-electron chi connectivity index (χ2n) is 9.90. The second kappa shape index (κ2) is 8.06. The van der Waals surface area contributed by atoms with Crippen LogP contribution in [0.5, 0.6) is 0 Å². The number of fused-ring (bicyclic) bond motifs is 5. The van der Waals surface area contributed by atoms with E-state index in [0.29, 0.717) is 28.7 Å². The predicted octanol–water partition coefficient (Wildman–Crippen LogP) is 9.07. The summed E-state index contributed by atoms with van der Waals surface area (Å²) in [7, 11) is 0. The Bertz CT molecular complexity index is 1710. The van der Waals surface area contributed by atoms with Gasteiger partial charge < -0.3 is 0 Å². The molecule has 34 heavy (non-hydrogen) atoms. The van der Waals surface area contributed by atoms with Crippen LogP contribution in [0.3, 0.4) is 0 Å². The van der Waals surface area contributed by atoms with Crippen molar-refractivity contribution in [2.45, 2.75) is 38.9 Å². The van der Waals surface area contributed by atoms with Crippen LogP contribution in [-0.2, 0) is 6.37 Å². The molecule has 2 heteroatoms. The van der Waals surface area contributed by atoms with E-state index in [1.807, 2.05) is 42.5 Å². The maximum atomic E-state index is 9.12. The summed E-state index contributed by atoms with van der Waals surface area (Å²) < 4.78 is 44.9. The molecule has 2 fully saturated rings. The fourth-order valence-electron chi connectivity index (χ4n) is 6.19. The van der Waals surface area contributed by atoms with Crippen molar-refractivity contribution in [2.24, 2.45) is 17.8 Å². The fraction of sp³-hybridized carbons (Fsp3) is 0.281. The van der Waals surface area contributed by atoms with Crippen molar-refractivity contribution in [3.63, 3.8) is 0 Å². The first-order valence-corrected chi connectivity index (χ1v) is 13.0. The Morgan fingerprint density at radius 2 is 1.91 bits per heavy atom. The minimum atomic E-state index is -2.25. The van der Waals surface area contributed by atoms with Crippen molar-refractivity contribution < 1.29 is 6.85 Å². The van der Waals surface area contributed by atoms with E-state index in [0.717, 1.165) is 56.1 Å². The molecule has 0 spiro atoms. The molecule has 5 aromatic rings. The molecule has 1 nitrogen and oxygen atoms in total. The minimum absolute atomic E-state index is 0.0465. The average molecular weight is 465 g/mol. The van der Waals surface area contributed by atoms with Crippen LogP contribution >= 0.6 is 11.3 Å². The van der Waals surface area contributed by atoms with E-state index in [1.165, 1.54) is 6.42 Å². The van der Waals surface area contributed by atoms with Crippen molar-refractivity contribution in [3.05, 3.63) is 90.1 Å². The molecule has 0 saturated heterocycles. The van der Waals surface area contributed by atoms with Gasteiger partial charge in [0.05, 0.1) is 5.69 Å². The SMILES string of the molecule is [2H]C([2H])([2H])c1ccc(-c2cc(C([2H])([2H])C3CC4CCC3C4)ccn2)c2sc3cc(-c4ccccc4)ccc3c12. The molecule has 2 aromatic heterocycles. The molecule has 0 aliphatic heterocycles. The lowest BCUT2D eigenvalue weighted by molar-refractivity contribution is 0.331. The van der Waals surface area contributed by atoms with Gasteiger partial charge in [0.25, 0.3) is 0 Å². The van der Waals surface area contributed by atoms with Crippen LogP contribution < -0.4 is 0 Å². The summed E-state index contributed by atoms with van der Waals surface area (Å²) >= 11 is 1.59. The highest BCUT2D eigenvalue weighted by Gasteiger charge is 2.39. The molecule has 0 N–H and O–H groups in total. The number of aromatic nitrogens is 1. The van der Waals surface area contributed by atoms with Gasteiger partial charge in [-0.1, -0.05) is 61.0 Å². The minimum Gasteiger partial charge on any atom is -0.256 e. The molecule has 3 aromatic carbocycles. The first-order valence-electron chi connectivity index (χ1n) is 14.7. The Balaban J connectivity index is 1.39. The highest BCUT2D eigenvalue weighted by Crippen LogP contribution is 2.49. The quantitative estimate of drug-likeness (QED) is 0.258. The molecule has 3 unspecified atom stereocenters. The molecule has 2 aliphatic rings. The molecule has 2 aliphatic carbocycles. The zero-order chi connectivity index (χ0) is 26.9.